The Hall–Kier alpha value is -2.15. The molecule has 1 heterocycles. The van der Waals surface area contributed by atoms with Crippen molar-refractivity contribution in [2.45, 2.75) is 12.1 Å². The number of rotatable bonds is 3. The van der Waals surface area contributed by atoms with E-state index in [1.165, 1.54) is 12.1 Å². The average molecular weight is 266 g/mol. The van der Waals surface area contributed by atoms with Crippen molar-refractivity contribution in [3.8, 4) is 0 Å². The van der Waals surface area contributed by atoms with Crippen LogP contribution in [0.5, 0.6) is 0 Å². The summed E-state index contributed by atoms with van der Waals surface area (Å²) in [5.41, 5.74) is 0.712. The Morgan fingerprint density at radius 2 is 1.95 bits per heavy atom. The highest BCUT2D eigenvalue weighted by Gasteiger charge is 2.35. The normalized spacial score (nSPS) is 22.8. The van der Waals surface area contributed by atoms with Gasteiger partial charge < -0.3 is 9.47 Å². The lowest BCUT2D eigenvalue weighted by atomic mass is 10.0. The Labute approximate surface area is 109 Å². The van der Waals surface area contributed by atoms with Crippen LogP contribution in [0.1, 0.15) is 11.7 Å². The van der Waals surface area contributed by atoms with E-state index in [-0.39, 0.29) is 18.3 Å². The van der Waals surface area contributed by atoms with Crippen LogP contribution in [0.4, 0.5) is 10.5 Å². The molecular formula is C12H14N2O5. The summed E-state index contributed by atoms with van der Waals surface area (Å²) in [5.74, 6) is 0. The Balaban J connectivity index is 2.25. The third-order valence-corrected chi connectivity index (χ3v) is 3.04. The predicted molar refractivity (Wildman–Crippen MR) is 65.7 cm³/mol. The molecule has 7 heteroatoms. The van der Waals surface area contributed by atoms with E-state index in [0.717, 1.165) is 0 Å². The minimum atomic E-state index is -0.721. The maximum Gasteiger partial charge on any atom is 0.509 e. The maximum absolute atomic E-state index is 11.2. The summed E-state index contributed by atoms with van der Waals surface area (Å²) >= 11 is 0. The van der Waals surface area contributed by atoms with Crippen molar-refractivity contribution in [3.63, 3.8) is 0 Å². The molecule has 0 bridgehead atoms. The fraction of sp³-hybridized carbons (Fsp3) is 0.417. The first kappa shape index (κ1) is 13.3. The zero-order chi connectivity index (χ0) is 14.0. The summed E-state index contributed by atoms with van der Waals surface area (Å²) in [5, 5.41) is 10.6. The van der Waals surface area contributed by atoms with E-state index in [4.69, 9.17) is 9.47 Å². The Bertz CT molecular complexity index is 485. The molecule has 0 spiro atoms. The fourth-order valence-corrected chi connectivity index (χ4v) is 1.95. The van der Waals surface area contributed by atoms with Crippen LogP contribution in [0.25, 0.3) is 0 Å². The zero-order valence-electron chi connectivity index (χ0n) is 10.6. The molecule has 7 nitrogen and oxygen atoms in total. The number of carbonyl (C=O) groups is 1. The molecule has 19 heavy (non-hydrogen) atoms. The molecule has 2 atom stereocenters. The molecule has 0 radical (unpaired) electrons. The summed E-state index contributed by atoms with van der Waals surface area (Å²) in [7, 11) is 3.71. The number of likely N-dealkylation sites (N-methyl/N-ethyl adjacent to an activating group) is 1. The van der Waals surface area contributed by atoms with Gasteiger partial charge in [-0.2, -0.15) is 0 Å². The van der Waals surface area contributed by atoms with Crippen LogP contribution >= 0.6 is 0 Å². The molecule has 0 amide bonds. The van der Waals surface area contributed by atoms with Crippen LogP contribution in [0.3, 0.4) is 0 Å². The highest BCUT2D eigenvalue weighted by Crippen LogP contribution is 2.29. The monoisotopic (exact) mass is 266 g/mol. The summed E-state index contributed by atoms with van der Waals surface area (Å²) in [6.45, 7) is 0.230. The van der Waals surface area contributed by atoms with Gasteiger partial charge in [-0.05, 0) is 31.8 Å². The van der Waals surface area contributed by atoms with Crippen molar-refractivity contribution in [1.29, 1.82) is 0 Å². The second-order valence-corrected chi connectivity index (χ2v) is 4.48. The first-order valence-corrected chi connectivity index (χ1v) is 5.73. The molecule has 1 aliphatic rings. The van der Waals surface area contributed by atoms with Gasteiger partial charge in [-0.15, -0.1) is 0 Å². The van der Waals surface area contributed by atoms with Gasteiger partial charge in [-0.25, -0.2) is 4.79 Å². The molecule has 0 aliphatic carbocycles. The molecule has 1 saturated heterocycles. The highest BCUT2D eigenvalue weighted by atomic mass is 16.7. The molecule has 102 valence electrons. The smallest absolute Gasteiger partial charge is 0.432 e. The molecule has 1 fully saturated rings. The summed E-state index contributed by atoms with van der Waals surface area (Å²) < 4.78 is 10.0. The molecule has 0 N–H and O–H groups in total. The van der Waals surface area contributed by atoms with E-state index >= 15 is 0 Å². The second kappa shape index (κ2) is 5.23. The first-order chi connectivity index (χ1) is 8.99. The van der Waals surface area contributed by atoms with Crippen molar-refractivity contribution in [2.75, 3.05) is 20.7 Å². The largest absolute Gasteiger partial charge is 0.509 e. The van der Waals surface area contributed by atoms with Crippen molar-refractivity contribution in [2.24, 2.45) is 0 Å². The number of hydrogen-bond donors (Lipinski definition) is 0. The van der Waals surface area contributed by atoms with Crippen LogP contribution in [0.15, 0.2) is 24.3 Å². The molecule has 0 aromatic heterocycles. The van der Waals surface area contributed by atoms with Crippen LogP contribution in [0.2, 0.25) is 0 Å². The molecule has 1 aromatic rings. The van der Waals surface area contributed by atoms with Gasteiger partial charge in [0.25, 0.3) is 5.69 Å². The first-order valence-electron chi connectivity index (χ1n) is 5.73. The number of benzene rings is 1. The van der Waals surface area contributed by atoms with Crippen molar-refractivity contribution in [1.82, 2.24) is 4.90 Å². The lowest BCUT2D eigenvalue weighted by Crippen LogP contribution is -2.44. The molecule has 0 saturated carbocycles. The molecular weight excluding hydrogens is 252 g/mol. The Kier molecular flexibility index (Phi) is 3.66. The summed E-state index contributed by atoms with van der Waals surface area (Å²) in [4.78, 5) is 23.2. The number of nitro benzene ring substituents is 1. The third kappa shape index (κ3) is 2.82. The van der Waals surface area contributed by atoms with Gasteiger partial charge >= 0.3 is 6.16 Å². The Morgan fingerprint density at radius 3 is 2.47 bits per heavy atom. The number of carbonyl (C=O) groups excluding carboxylic acids is 1. The number of nitro groups is 1. The van der Waals surface area contributed by atoms with Crippen LogP contribution in [-0.4, -0.2) is 42.7 Å². The van der Waals surface area contributed by atoms with Gasteiger partial charge in [-0.1, -0.05) is 0 Å². The third-order valence-electron chi connectivity index (χ3n) is 3.04. The minimum Gasteiger partial charge on any atom is -0.432 e. The SMILES string of the molecule is CN(C)C1COC(=O)OC1c1ccc([N+](=O)[O-])cc1. The molecule has 1 aromatic carbocycles. The van der Waals surface area contributed by atoms with Crippen LogP contribution < -0.4 is 0 Å². The average Bonchev–Trinajstić information content (AvgIpc) is 2.38. The van der Waals surface area contributed by atoms with Gasteiger partial charge in [0.1, 0.15) is 12.7 Å². The topological polar surface area (TPSA) is 81.9 Å². The van der Waals surface area contributed by atoms with Gasteiger partial charge in [-0.3, -0.25) is 15.0 Å². The summed E-state index contributed by atoms with van der Waals surface area (Å²) in [6, 6.07) is 5.85. The molecule has 2 unspecified atom stereocenters. The molecule has 2 rings (SSSR count). The number of ether oxygens (including phenoxy) is 2. The van der Waals surface area contributed by atoms with E-state index in [2.05, 4.69) is 0 Å². The number of nitrogens with zero attached hydrogens (tertiary/aromatic N) is 2. The van der Waals surface area contributed by atoms with E-state index < -0.39 is 17.2 Å². The van der Waals surface area contributed by atoms with E-state index in [1.807, 2.05) is 19.0 Å². The van der Waals surface area contributed by atoms with E-state index in [9.17, 15) is 14.9 Å². The van der Waals surface area contributed by atoms with Crippen LogP contribution in [-0.2, 0) is 9.47 Å². The van der Waals surface area contributed by atoms with Crippen LogP contribution in [0, 0.1) is 10.1 Å². The number of cyclic esters (lactones) is 2. The van der Waals surface area contributed by atoms with Gasteiger partial charge in [0.2, 0.25) is 0 Å². The summed E-state index contributed by atoms with van der Waals surface area (Å²) in [6.07, 6.45) is -1.21. The Morgan fingerprint density at radius 1 is 1.32 bits per heavy atom. The lowest BCUT2D eigenvalue weighted by molar-refractivity contribution is -0.384. The van der Waals surface area contributed by atoms with E-state index in [0.29, 0.717) is 5.56 Å². The van der Waals surface area contributed by atoms with Crippen molar-refractivity contribution >= 4 is 11.8 Å². The van der Waals surface area contributed by atoms with Gasteiger partial charge in [0, 0.05) is 12.1 Å². The lowest BCUT2D eigenvalue weighted by Gasteiger charge is -2.34. The standard InChI is InChI=1S/C12H14N2O5/c1-13(2)10-7-18-12(15)19-11(10)8-3-5-9(6-4-8)14(16)17/h3-6,10-11H,7H2,1-2H3. The minimum absolute atomic E-state index is 0.00328. The van der Waals surface area contributed by atoms with Gasteiger partial charge in [0.05, 0.1) is 11.0 Å². The molecule has 1 aliphatic heterocycles. The van der Waals surface area contributed by atoms with E-state index in [1.54, 1.807) is 12.1 Å². The fourth-order valence-electron chi connectivity index (χ4n) is 1.95. The predicted octanol–water partition coefficient (Wildman–Crippen LogP) is 1.73. The van der Waals surface area contributed by atoms with Gasteiger partial charge in [0.15, 0.2) is 0 Å². The second-order valence-electron chi connectivity index (χ2n) is 4.48. The number of non-ortho nitro benzene ring substituents is 1. The zero-order valence-corrected chi connectivity index (χ0v) is 10.6. The van der Waals surface area contributed by atoms with Crippen molar-refractivity contribution < 1.29 is 19.2 Å². The number of hydrogen-bond acceptors (Lipinski definition) is 6. The maximum atomic E-state index is 11.2. The van der Waals surface area contributed by atoms with Crippen molar-refractivity contribution in [3.05, 3.63) is 39.9 Å². The quantitative estimate of drug-likeness (QED) is 0.471. The highest BCUT2D eigenvalue weighted by molar-refractivity contribution is 5.61.